The van der Waals surface area contributed by atoms with E-state index < -0.39 is 12.0 Å². The van der Waals surface area contributed by atoms with Crippen molar-refractivity contribution in [3.8, 4) is 5.75 Å². The molecule has 1 unspecified atom stereocenters. The van der Waals surface area contributed by atoms with Gasteiger partial charge in [0.2, 0.25) is 0 Å². The van der Waals surface area contributed by atoms with E-state index in [1.165, 1.54) is 0 Å². The number of methoxy groups -OCH3 is 1. The van der Waals surface area contributed by atoms with Gasteiger partial charge in [0.25, 0.3) is 0 Å². The number of halogens is 2. The third-order valence-electron chi connectivity index (χ3n) is 3.77. The van der Waals surface area contributed by atoms with E-state index in [0.717, 1.165) is 12.0 Å². The second-order valence-electron chi connectivity index (χ2n) is 6.15. The molecule has 0 spiro atoms. The molecule has 1 aliphatic heterocycles. The van der Waals surface area contributed by atoms with Gasteiger partial charge in [0.05, 0.1) is 33.8 Å². The molecular formula is C18H22Br2N2O4. The Labute approximate surface area is 170 Å². The van der Waals surface area contributed by atoms with Gasteiger partial charge in [0.15, 0.2) is 0 Å². The van der Waals surface area contributed by atoms with E-state index in [4.69, 9.17) is 9.47 Å². The van der Waals surface area contributed by atoms with E-state index in [2.05, 4.69) is 42.5 Å². The van der Waals surface area contributed by atoms with Crippen LogP contribution in [0, 0.1) is 0 Å². The number of amides is 2. The van der Waals surface area contributed by atoms with Crippen molar-refractivity contribution < 1.29 is 19.1 Å². The first kappa shape index (κ1) is 20.8. The number of carbonyl (C=O) groups is 2. The van der Waals surface area contributed by atoms with E-state index in [0.29, 0.717) is 32.4 Å². The number of rotatable bonds is 6. The van der Waals surface area contributed by atoms with Crippen LogP contribution in [-0.4, -0.2) is 25.2 Å². The number of esters is 1. The number of hydrogen-bond acceptors (Lipinski definition) is 4. The fraction of sp³-hybridized carbons (Fsp3) is 0.444. The van der Waals surface area contributed by atoms with Crippen molar-refractivity contribution in [3.63, 3.8) is 0 Å². The predicted octanol–water partition coefficient (Wildman–Crippen LogP) is 4.58. The Bertz CT molecular complexity index is 724. The molecule has 8 heteroatoms. The Kier molecular flexibility index (Phi) is 7.11. The molecule has 0 saturated carbocycles. The SMILES string of the molecule is CCCC1=C(C(=O)OC(C)C)C(c2cc(Br)c(OC)c(Br)c2)NC(=O)N1. The summed E-state index contributed by atoms with van der Waals surface area (Å²) in [5, 5.41) is 5.58. The second kappa shape index (κ2) is 8.90. The Hall–Kier alpha value is -1.54. The molecule has 1 aromatic carbocycles. The minimum absolute atomic E-state index is 0.259. The van der Waals surface area contributed by atoms with Crippen molar-refractivity contribution in [1.82, 2.24) is 10.6 Å². The number of carbonyl (C=O) groups excluding carboxylic acids is 2. The van der Waals surface area contributed by atoms with Crippen molar-refractivity contribution in [1.29, 1.82) is 0 Å². The minimum atomic E-state index is -0.616. The zero-order chi connectivity index (χ0) is 19.4. The molecule has 1 aliphatic rings. The molecule has 6 nitrogen and oxygen atoms in total. The van der Waals surface area contributed by atoms with E-state index in [1.807, 2.05) is 19.1 Å². The highest BCUT2D eigenvalue weighted by atomic mass is 79.9. The van der Waals surface area contributed by atoms with E-state index >= 15 is 0 Å². The van der Waals surface area contributed by atoms with Gasteiger partial charge < -0.3 is 20.1 Å². The van der Waals surface area contributed by atoms with Gasteiger partial charge in [-0.05, 0) is 69.8 Å². The van der Waals surface area contributed by atoms with Crippen LogP contribution in [0.2, 0.25) is 0 Å². The van der Waals surface area contributed by atoms with Crippen LogP contribution < -0.4 is 15.4 Å². The maximum absolute atomic E-state index is 12.8. The third kappa shape index (κ3) is 4.59. The summed E-state index contributed by atoms with van der Waals surface area (Å²) in [6, 6.07) is 2.69. The number of ether oxygens (including phenoxy) is 2. The van der Waals surface area contributed by atoms with Crippen molar-refractivity contribution in [2.75, 3.05) is 7.11 Å². The van der Waals surface area contributed by atoms with Crippen molar-refractivity contribution in [2.45, 2.75) is 45.8 Å². The van der Waals surface area contributed by atoms with Gasteiger partial charge in [-0.2, -0.15) is 0 Å². The van der Waals surface area contributed by atoms with Gasteiger partial charge in [-0.25, -0.2) is 9.59 Å². The maximum Gasteiger partial charge on any atom is 0.338 e. The second-order valence-corrected chi connectivity index (χ2v) is 7.85. The molecule has 0 radical (unpaired) electrons. The highest BCUT2D eigenvalue weighted by molar-refractivity contribution is 9.11. The summed E-state index contributed by atoms with van der Waals surface area (Å²) >= 11 is 6.93. The summed E-state index contributed by atoms with van der Waals surface area (Å²) in [4.78, 5) is 24.9. The van der Waals surface area contributed by atoms with E-state index in [1.54, 1.807) is 21.0 Å². The molecule has 2 N–H and O–H groups in total. The average Bonchev–Trinajstić information content (AvgIpc) is 2.53. The van der Waals surface area contributed by atoms with Crippen LogP contribution in [0.4, 0.5) is 4.79 Å². The van der Waals surface area contributed by atoms with Crippen LogP contribution in [-0.2, 0) is 9.53 Å². The molecule has 1 atom stereocenters. The Morgan fingerprint density at radius 2 is 1.88 bits per heavy atom. The van der Waals surface area contributed by atoms with Gasteiger partial charge in [0, 0.05) is 5.70 Å². The van der Waals surface area contributed by atoms with Gasteiger partial charge in [0.1, 0.15) is 5.75 Å². The van der Waals surface area contributed by atoms with Gasteiger partial charge >= 0.3 is 12.0 Å². The summed E-state index contributed by atoms with van der Waals surface area (Å²) in [6.07, 6.45) is 1.10. The molecule has 0 bridgehead atoms. The average molecular weight is 490 g/mol. The van der Waals surface area contributed by atoms with Crippen LogP contribution in [0.15, 0.2) is 32.3 Å². The lowest BCUT2D eigenvalue weighted by molar-refractivity contribution is -0.143. The zero-order valence-electron chi connectivity index (χ0n) is 15.1. The summed E-state index contributed by atoms with van der Waals surface area (Å²) in [5.41, 5.74) is 1.75. The summed E-state index contributed by atoms with van der Waals surface area (Å²) in [7, 11) is 1.57. The third-order valence-corrected chi connectivity index (χ3v) is 4.95. The van der Waals surface area contributed by atoms with E-state index in [-0.39, 0.29) is 12.1 Å². The summed E-state index contributed by atoms with van der Waals surface area (Å²) in [6.45, 7) is 5.58. The molecule has 0 aromatic heterocycles. The summed E-state index contributed by atoms with van der Waals surface area (Å²) < 4.78 is 12.2. The molecule has 1 heterocycles. The predicted molar refractivity (Wildman–Crippen MR) is 106 cm³/mol. The topological polar surface area (TPSA) is 76.7 Å². The highest BCUT2D eigenvalue weighted by Gasteiger charge is 2.34. The molecule has 0 saturated heterocycles. The first-order valence-electron chi connectivity index (χ1n) is 8.32. The van der Waals surface area contributed by atoms with E-state index in [9.17, 15) is 9.59 Å². The Balaban J connectivity index is 2.57. The maximum atomic E-state index is 12.8. The molecule has 0 aliphatic carbocycles. The van der Waals surface area contributed by atoms with Crippen LogP contribution in [0.1, 0.15) is 45.2 Å². The van der Waals surface area contributed by atoms with Crippen molar-refractivity contribution >= 4 is 43.9 Å². The fourth-order valence-corrected chi connectivity index (χ4v) is 4.32. The van der Waals surface area contributed by atoms with Crippen LogP contribution in [0.5, 0.6) is 5.75 Å². The molecule has 2 amide bonds. The fourth-order valence-electron chi connectivity index (χ4n) is 2.77. The first-order valence-corrected chi connectivity index (χ1v) is 9.91. The molecular weight excluding hydrogens is 468 g/mol. The Morgan fingerprint density at radius 3 is 2.38 bits per heavy atom. The number of urea groups is 1. The minimum Gasteiger partial charge on any atom is -0.494 e. The number of allylic oxidation sites excluding steroid dienone is 1. The summed E-state index contributed by atoms with van der Waals surface area (Å²) in [5.74, 6) is 0.196. The standard InChI is InChI=1S/C18H22Br2N2O4/c1-5-6-13-14(17(23)26-9(2)3)15(22-18(24)21-13)10-7-11(19)16(25-4)12(20)8-10/h7-9,15H,5-6H2,1-4H3,(H2,21,22,24). The van der Waals surface area contributed by atoms with Gasteiger partial charge in [-0.3, -0.25) is 0 Å². The largest absolute Gasteiger partial charge is 0.494 e. The van der Waals surface area contributed by atoms with Crippen LogP contribution in [0.25, 0.3) is 0 Å². The highest BCUT2D eigenvalue weighted by Crippen LogP contribution is 2.39. The number of benzene rings is 1. The number of hydrogen-bond donors (Lipinski definition) is 2. The normalized spacial score (nSPS) is 17.0. The monoisotopic (exact) mass is 488 g/mol. The lowest BCUT2D eigenvalue weighted by atomic mass is 9.93. The van der Waals surface area contributed by atoms with Crippen LogP contribution >= 0.6 is 31.9 Å². The smallest absolute Gasteiger partial charge is 0.338 e. The van der Waals surface area contributed by atoms with Crippen molar-refractivity contribution in [2.24, 2.45) is 0 Å². The Morgan fingerprint density at radius 1 is 1.27 bits per heavy atom. The molecule has 2 rings (SSSR count). The number of nitrogens with one attached hydrogen (secondary N) is 2. The lowest BCUT2D eigenvalue weighted by Gasteiger charge is -2.30. The van der Waals surface area contributed by atoms with Gasteiger partial charge in [-0.1, -0.05) is 13.3 Å². The van der Waals surface area contributed by atoms with Crippen molar-refractivity contribution in [3.05, 3.63) is 37.9 Å². The lowest BCUT2D eigenvalue weighted by Crippen LogP contribution is -2.46. The quantitative estimate of drug-likeness (QED) is 0.573. The molecule has 142 valence electrons. The molecule has 26 heavy (non-hydrogen) atoms. The molecule has 1 aromatic rings. The van der Waals surface area contributed by atoms with Crippen LogP contribution in [0.3, 0.4) is 0 Å². The van der Waals surface area contributed by atoms with Gasteiger partial charge in [-0.15, -0.1) is 0 Å². The zero-order valence-corrected chi connectivity index (χ0v) is 18.3. The first-order chi connectivity index (χ1) is 12.3. The molecule has 0 fully saturated rings.